The van der Waals surface area contributed by atoms with Crippen LogP contribution < -0.4 is 0 Å². The van der Waals surface area contributed by atoms with Gasteiger partial charge in [-0.15, -0.1) is 0 Å². The van der Waals surface area contributed by atoms with Crippen molar-refractivity contribution in [1.29, 1.82) is 0 Å². The van der Waals surface area contributed by atoms with Gasteiger partial charge in [-0.25, -0.2) is 0 Å². The highest BCUT2D eigenvalue weighted by molar-refractivity contribution is 4.88. The lowest BCUT2D eigenvalue weighted by atomic mass is 9.94. The Labute approximate surface area is 81.9 Å². The van der Waals surface area contributed by atoms with Crippen molar-refractivity contribution in [2.45, 2.75) is 45.1 Å². The molecular weight excluding hydrogens is 162 g/mol. The monoisotopic (exact) mass is 185 g/mol. The van der Waals surface area contributed by atoms with Gasteiger partial charge in [-0.3, -0.25) is 0 Å². The molecule has 0 saturated carbocycles. The van der Waals surface area contributed by atoms with Gasteiger partial charge in [-0.1, -0.05) is 26.7 Å². The summed E-state index contributed by atoms with van der Waals surface area (Å²) < 4.78 is 0. The van der Waals surface area contributed by atoms with Crippen molar-refractivity contribution in [2.24, 2.45) is 5.92 Å². The first-order valence-electron chi connectivity index (χ1n) is 5.43. The molecule has 1 fully saturated rings. The zero-order chi connectivity index (χ0) is 9.90. The van der Waals surface area contributed by atoms with Crippen LogP contribution >= 0.6 is 0 Å². The predicted molar refractivity (Wildman–Crippen MR) is 55.8 cm³/mol. The zero-order valence-electron chi connectivity index (χ0n) is 9.21. The average Bonchev–Trinajstić information content (AvgIpc) is 2.30. The molecule has 1 saturated heterocycles. The van der Waals surface area contributed by atoms with E-state index in [0.717, 1.165) is 31.8 Å². The Morgan fingerprint density at radius 3 is 2.62 bits per heavy atom. The normalized spacial score (nSPS) is 30.2. The third-order valence-corrected chi connectivity index (χ3v) is 2.95. The molecule has 0 aromatic carbocycles. The molecular formula is C11H23NO. The maximum Gasteiger partial charge on any atom is 0.0786 e. The molecule has 1 unspecified atom stereocenters. The van der Waals surface area contributed by atoms with Crippen LogP contribution in [0.2, 0.25) is 0 Å². The van der Waals surface area contributed by atoms with E-state index in [1.165, 1.54) is 12.8 Å². The molecule has 13 heavy (non-hydrogen) atoms. The van der Waals surface area contributed by atoms with E-state index in [-0.39, 0.29) is 5.60 Å². The van der Waals surface area contributed by atoms with E-state index in [2.05, 4.69) is 25.8 Å². The van der Waals surface area contributed by atoms with E-state index in [4.69, 9.17) is 0 Å². The second-order valence-electron chi connectivity index (χ2n) is 5.00. The molecule has 1 N–H and O–H groups in total. The molecule has 2 nitrogen and oxygen atoms in total. The summed E-state index contributed by atoms with van der Waals surface area (Å²) in [5.74, 6) is 0.766. The minimum Gasteiger partial charge on any atom is -0.389 e. The molecule has 1 aliphatic heterocycles. The maximum atomic E-state index is 10.1. The van der Waals surface area contributed by atoms with Crippen molar-refractivity contribution in [2.75, 3.05) is 20.1 Å². The van der Waals surface area contributed by atoms with Gasteiger partial charge in [0.2, 0.25) is 0 Å². The van der Waals surface area contributed by atoms with E-state index < -0.39 is 0 Å². The first kappa shape index (κ1) is 11.0. The van der Waals surface area contributed by atoms with Crippen LogP contribution in [0.25, 0.3) is 0 Å². The quantitative estimate of drug-likeness (QED) is 0.723. The van der Waals surface area contributed by atoms with Gasteiger partial charge in [0.25, 0.3) is 0 Å². The number of nitrogens with zero attached hydrogens (tertiary/aromatic N) is 1. The molecule has 0 bridgehead atoms. The molecule has 0 spiro atoms. The highest BCUT2D eigenvalue weighted by Crippen LogP contribution is 2.26. The SMILES string of the molecule is CC(C)CCCC1(O)CCN(C)C1. The van der Waals surface area contributed by atoms with E-state index in [1.54, 1.807) is 0 Å². The number of likely N-dealkylation sites (N-methyl/N-ethyl adjacent to an activating group) is 1. The van der Waals surface area contributed by atoms with Crippen LogP contribution in [0.3, 0.4) is 0 Å². The molecule has 78 valence electrons. The van der Waals surface area contributed by atoms with E-state index in [9.17, 15) is 5.11 Å². The number of likely N-dealkylation sites (tertiary alicyclic amines) is 1. The van der Waals surface area contributed by atoms with Gasteiger partial charge in [0.05, 0.1) is 5.60 Å². The van der Waals surface area contributed by atoms with Crippen LogP contribution in [-0.4, -0.2) is 35.7 Å². The number of β-amino-alcohol motifs (C(OH)–C–C–N with tert-alkyl or cyclic N) is 1. The van der Waals surface area contributed by atoms with E-state index in [1.807, 2.05) is 0 Å². The molecule has 0 radical (unpaired) electrons. The van der Waals surface area contributed by atoms with Gasteiger partial charge >= 0.3 is 0 Å². The van der Waals surface area contributed by atoms with Crippen molar-refractivity contribution in [3.63, 3.8) is 0 Å². The standard InChI is InChI=1S/C11H23NO/c1-10(2)5-4-6-11(13)7-8-12(3)9-11/h10,13H,4-9H2,1-3H3. The topological polar surface area (TPSA) is 23.5 Å². The number of rotatable bonds is 4. The second-order valence-corrected chi connectivity index (χ2v) is 5.00. The fraction of sp³-hybridized carbons (Fsp3) is 1.00. The van der Waals surface area contributed by atoms with Crippen LogP contribution in [0.4, 0.5) is 0 Å². The average molecular weight is 185 g/mol. The minimum atomic E-state index is -0.371. The Kier molecular flexibility index (Phi) is 3.74. The van der Waals surface area contributed by atoms with Crippen LogP contribution in [0, 0.1) is 5.92 Å². The van der Waals surface area contributed by atoms with Gasteiger partial charge in [-0.2, -0.15) is 0 Å². The third-order valence-electron chi connectivity index (χ3n) is 2.95. The minimum absolute atomic E-state index is 0.371. The van der Waals surface area contributed by atoms with Gasteiger partial charge in [-0.05, 0) is 25.8 Å². The molecule has 0 aliphatic carbocycles. The van der Waals surface area contributed by atoms with Gasteiger partial charge in [0, 0.05) is 13.1 Å². The summed E-state index contributed by atoms with van der Waals surface area (Å²) in [5.41, 5.74) is -0.371. The van der Waals surface area contributed by atoms with E-state index in [0.29, 0.717) is 0 Å². The fourth-order valence-corrected chi connectivity index (χ4v) is 2.10. The summed E-state index contributed by atoms with van der Waals surface area (Å²) in [5, 5.41) is 10.1. The molecule has 1 aliphatic rings. The maximum absolute atomic E-state index is 10.1. The molecule has 1 atom stereocenters. The first-order valence-corrected chi connectivity index (χ1v) is 5.43. The Balaban J connectivity index is 2.20. The van der Waals surface area contributed by atoms with Crippen molar-refractivity contribution in [1.82, 2.24) is 4.90 Å². The first-order chi connectivity index (χ1) is 6.02. The van der Waals surface area contributed by atoms with Gasteiger partial charge < -0.3 is 10.0 Å². The zero-order valence-corrected chi connectivity index (χ0v) is 9.21. The summed E-state index contributed by atoms with van der Waals surface area (Å²) in [6, 6.07) is 0. The Morgan fingerprint density at radius 1 is 1.46 bits per heavy atom. The smallest absolute Gasteiger partial charge is 0.0786 e. The fourth-order valence-electron chi connectivity index (χ4n) is 2.10. The van der Waals surface area contributed by atoms with Crippen molar-refractivity contribution >= 4 is 0 Å². The molecule has 2 heteroatoms. The molecule has 1 rings (SSSR count). The largest absolute Gasteiger partial charge is 0.389 e. The lowest BCUT2D eigenvalue weighted by molar-refractivity contribution is 0.0398. The molecule has 0 aromatic heterocycles. The molecule has 1 heterocycles. The number of aliphatic hydroxyl groups is 1. The van der Waals surface area contributed by atoms with Crippen molar-refractivity contribution in [3.8, 4) is 0 Å². The Hall–Kier alpha value is -0.0800. The lowest BCUT2D eigenvalue weighted by Gasteiger charge is -2.22. The second kappa shape index (κ2) is 4.43. The van der Waals surface area contributed by atoms with Crippen LogP contribution in [0.5, 0.6) is 0 Å². The van der Waals surface area contributed by atoms with Crippen molar-refractivity contribution < 1.29 is 5.11 Å². The summed E-state index contributed by atoms with van der Waals surface area (Å²) in [6.45, 7) is 6.40. The highest BCUT2D eigenvalue weighted by atomic mass is 16.3. The van der Waals surface area contributed by atoms with Crippen LogP contribution in [-0.2, 0) is 0 Å². The molecule has 0 amide bonds. The Morgan fingerprint density at radius 2 is 2.15 bits per heavy atom. The van der Waals surface area contributed by atoms with Crippen LogP contribution in [0.1, 0.15) is 39.5 Å². The number of hydrogen-bond donors (Lipinski definition) is 1. The number of hydrogen-bond acceptors (Lipinski definition) is 2. The highest BCUT2D eigenvalue weighted by Gasteiger charge is 2.33. The van der Waals surface area contributed by atoms with Crippen molar-refractivity contribution in [3.05, 3.63) is 0 Å². The van der Waals surface area contributed by atoms with Crippen LogP contribution in [0.15, 0.2) is 0 Å². The van der Waals surface area contributed by atoms with Gasteiger partial charge in [0.1, 0.15) is 0 Å². The third kappa shape index (κ3) is 3.65. The summed E-state index contributed by atoms with van der Waals surface area (Å²) in [4.78, 5) is 2.22. The summed E-state index contributed by atoms with van der Waals surface area (Å²) in [6.07, 6.45) is 4.35. The molecule has 0 aromatic rings. The summed E-state index contributed by atoms with van der Waals surface area (Å²) in [7, 11) is 2.08. The Bertz CT molecular complexity index is 158. The lowest BCUT2D eigenvalue weighted by Crippen LogP contribution is -2.31. The predicted octanol–water partition coefficient (Wildman–Crippen LogP) is 1.88. The summed E-state index contributed by atoms with van der Waals surface area (Å²) >= 11 is 0. The van der Waals surface area contributed by atoms with E-state index >= 15 is 0 Å². The van der Waals surface area contributed by atoms with Gasteiger partial charge in [0.15, 0.2) is 0 Å².